The van der Waals surface area contributed by atoms with E-state index in [1.165, 1.54) is 24.0 Å². The Kier molecular flexibility index (Phi) is 2.39. The highest BCUT2D eigenvalue weighted by atomic mass is 14.3. The minimum absolute atomic E-state index is 0.783. The van der Waals surface area contributed by atoms with Crippen molar-refractivity contribution in [2.75, 3.05) is 0 Å². The summed E-state index contributed by atoms with van der Waals surface area (Å²) in [5.41, 5.74) is 2.98. The molecule has 1 aliphatic carbocycles. The average Bonchev–Trinajstić information content (AvgIpc) is 3.00. The zero-order valence-corrected chi connectivity index (χ0v) is 8.59. The molecule has 1 aromatic carbocycles. The van der Waals surface area contributed by atoms with Crippen molar-refractivity contribution in [3.05, 3.63) is 35.4 Å². The van der Waals surface area contributed by atoms with E-state index >= 15 is 0 Å². The van der Waals surface area contributed by atoms with E-state index in [1.807, 2.05) is 0 Å². The average molecular weight is 174 g/mol. The summed E-state index contributed by atoms with van der Waals surface area (Å²) in [4.78, 5) is 0. The maximum absolute atomic E-state index is 2.36. The molecule has 0 spiro atoms. The van der Waals surface area contributed by atoms with Crippen LogP contribution in [0, 0.1) is 5.92 Å². The Bertz CT molecular complexity index is 267. The molecular formula is C13H18. The van der Waals surface area contributed by atoms with Gasteiger partial charge in [0.05, 0.1) is 0 Å². The standard InChI is InChI=1S/C13H18/c1-3-11-4-6-12(7-5-11)10(2)13-8-9-13/h4-7,10,13H,3,8-9H2,1-2H3. The van der Waals surface area contributed by atoms with Gasteiger partial charge in [0.2, 0.25) is 0 Å². The first-order valence-corrected chi connectivity index (χ1v) is 5.40. The van der Waals surface area contributed by atoms with E-state index in [2.05, 4.69) is 38.1 Å². The van der Waals surface area contributed by atoms with Crippen molar-refractivity contribution in [1.29, 1.82) is 0 Å². The van der Waals surface area contributed by atoms with Gasteiger partial charge in [-0.3, -0.25) is 0 Å². The third-order valence-electron chi connectivity index (χ3n) is 3.24. The molecule has 1 unspecified atom stereocenters. The fraction of sp³-hybridized carbons (Fsp3) is 0.538. The zero-order valence-electron chi connectivity index (χ0n) is 8.59. The third-order valence-corrected chi connectivity index (χ3v) is 3.24. The van der Waals surface area contributed by atoms with Crippen LogP contribution in [0.25, 0.3) is 0 Å². The molecule has 0 heteroatoms. The largest absolute Gasteiger partial charge is 0.0613 e. The van der Waals surface area contributed by atoms with Crippen molar-refractivity contribution in [2.45, 2.75) is 39.0 Å². The molecule has 0 saturated heterocycles. The summed E-state index contributed by atoms with van der Waals surface area (Å²) in [6, 6.07) is 9.16. The van der Waals surface area contributed by atoms with E-state index in [9.17, 15) is 0 Å². The molecule has 13 heavy (non-hydrogen) atoms. The van der Waals surface area contributed by atoms with Crippen molar-refractivity contribution in [2.24, 2.45) is 5.92 Å². The molecule has 1 saturated carbocycles. The molecule has 1 aromatic rings. The van der Waals surface area contributed by atoms with Crippen LogP contribution in [0.5, 0.6) is 0 Å². The summed E-state index contributed by atoms with van der Waals surface area (Å²) in [6.07, 6.45) is 4.03. The van der Waals surface area contributed by atoms with Crippen LogP contribution in [-0.4, -0.2) is 0 Å². The maximum atomic E-state index is 2.36. The molecule has 0 nitrogen and oxygen atoms in total. The summed E-state index contributed by atoms with van der Waals surface area (Å²) in [5, 5.41) is 0. The third kappa shape index (κ3) is 1.93. The van der Waals surface area contributed by atoms with Crippen LogP contribution in [0.15, 0.2) is 24.3 Å². The van der Waals surface area contributed by atoms with Gasteiger partial charge in [-0.05, 0) is 42.2 Å². The van der Waals surface area contributed by atoms with Crippen LogP contribution in [0.2, 0.25) is 0 Å². The molecule has 0 aromatic heterocycles. The minimum atomic E-state index is 0.783. The fourth-order valence-electron chi connectivity index (χ4n) is 1.93. The summed E-state index contributed by atoms with van der Waals surface area (Å²) < 4.78 is 0. The van der Waals surface area contributed by atoms with E-state index in [1.54, 1.807) is 0 Å². The van der Waals surface area contributed by atoms with Crippen LogP contribution >= 0.6 is 0 Å². The topological polar surface area (TPSA) is 0 Å². The van der Waals surface area contributed by atoms with Gasteiger partial charge in [-0.1, -0.05) is 38.1 Å². The molecule has 0 heterocycles. The number of rotatable bonds is 3. The highest BCUT2D eigenvalue weighted by Gasteiger charge is 2.28. The van der Waals surface area contributed by atoms with Gasteiger partial charge < -0.3 is 0 Å². The van der Waals surface area contributed by atoms with E-state index in [0.717, 1.165) is 18.3 Å². The van der Waals surface area contributed by atoms with Crippen LogP contribution in [0.3, 0.4) is 0 Å². The Labute approximate surface area is 81.0 Å². The molecule has 70 valence electrons. The Morgan fingerprint density at radius 3 is 2.31 bits per heavy atom. The van der Waals surface area contributed by atoms with Crippen LogP contribution < -0.4 is 0 Å². The molecule has 2 rings (SSSR count). The molecule has 0 N–H and O–H groups in total. The smallest absolute Gasteiger partial charge is 0.0162 e. The van der Waals surface area contributed by atoms with Crippen molar-refractivity contribution in [3.8, 4) is 0 Å². The van der Waals surface area contributed by atoms with E-state index in [-0.39, 0.29) is 0 Å². The van der Waals surface area contributed by atoms with Gasteiger partial charge in [0.1, 0.15) is 0 Å². The molecular weight excluding hydrogens is 156 g/mol. The Morgan fingerprint density at radius 2 is 1.85 bits per heavy atom. The monoisotopic (exact) mass is 174 g/mol. The van der Waals surface area contributed by atoms with Gasteiger partial charge in [-0.2, -0.15) is 0 Å². The summed E-state index contributed by atoms with van der Waals surface area (Å²) in [6.45, 7) is 4.57. The number of benzene rings is 1. The van der Waals surface area contributed by atoms with Crippen molar-refractivity contribution in [3.63, 3.8) is 0 Å². The quantitative estimate of drug-likeness (QED) is 0.654. The predicted octanol–water partition coefficient (Wildman–Crippen LogP) is 3.76. The first-order valence-electron chi connectivity index (χ1n) is 5.40. The van der Waals surface area contributed by atoms with Gasteiger partial charge in [0.15, 0.2) is 0 Å². The van der Waals surface area contributed by atoms with Gasteiger partial charge in [0, 0.05) is 0 Å². The number of hydrogen-bond donors (Lipinski definition) is 0. The molecule has 1 atom stereocenters. The number of aryl methyl sites for hydroxylation is 1. The maximum Gasteiger partial charge on any atom is -0.0162 e. The fourth-order valence-corrected chi connectivity index (χ4v) is 1.93. The molecule has 0 bridgehead atoms. The lowest BCUT2D eigenvalue weighted by Crippen LogP contribution is -1.95. The first kappa shape index (κ1) is 8.80. The Hall–Kier alpha value is -0.780. The molecule has 0 radical (unpaired) electrons. The lowest BCUT2D eigenvalue weighted by Gasteiger charge is -2.10. The summed E-state index contributed by atoms with van der Waals surface area (Å²) in [7, 11) is 0. The lowest BCUT2D eigenvalue weighted by molar-refractivity contribution is 0.664. The van der Waals surface area contributed by atoms with Crippen LogP contribution in [0.1, 0.15) is 43.7 Å². The SMILES string of the molecule is CCc1ccc(C(C)C2CC2)cc1. The molecule has 0 aliphatic heterocycles. The predicted molar refractivity (Wildman–Crippen MR) is 57.0 cm³/mol. The van der Waals surface area contributed by atoms with Gasteiger partial charge in [-0.15, -0.1) is 0 Å². The second-order valence-corrected chi connectivity index (χ2v) is 4.22. The van der Waals surface area contributed by atoms with E-state index < -0.39 is 0 Å². The van der Waals surface area contributed by atoms with Crippen LogP contribution in [-0.2, 0) is 6.42 Å². The Balaban J connectivity index is 2.11. The molecule has 0 amide bonds. The van der Waals surface area contributed by atoms with E-state index in [4.69, 9.17) is 0 Å². The highest BCUT2D eigenvalue weighted by molar-refractivity contribution is 5.26. The zero-order chi connectivity index (χ0) is 9.26. The van der Waals surface area contributed by atoms with E-state index in [0.29, 0.717) is 0 Å². The normalized spacial score (nSPS) is 18.6. The van der Waals surface area contributed by atoms with Gasteiger partial charge in [-0.25, -0.2) is 0 Å². The molecule has 1 fully saturated rings. The second kappa shape index (κ2) is 3.53. The van der Waals surface area contributed by atoms with Gasteiger partial charge >= 0.3 is 0 Å². The summed E-state index contributed by atoms with van der Waals surface area (Å²) >= 11 is 0. The van der Waals surface area contributed by atoms with Gasteiger partial charge in [0.25, 0.3) is 0 Å². The van der Waals surface area contributed by atoms with Crippen molar-refractivity contribution < 1.29 is 0 Å². The van der Waals surface area contributed by atoms with Crippen LogP contribution in [0.4, 0.5) is 0 Å². The van der Waals surface area contributed by atoms with Crippen molar-refractivity contribution in [1.82, 2.24) is 0 Å². The minimum Gasteiger partial charge on any atom is -0.0613 e. The molecule has 1 aliphatic rings. The number of hydrogen-bond acceptors (Lipinski definition) is 0. The van der Waals surface area contributed by atoms with Crippen molar-refractivity contribution >= 4 is 0 Å². The summed E-state index contributed by atoms with van der Waals surface area (Å²) in [5.74, 6) is 1.76. The Morgan fingerprint density at radius 1 is 1.23 bits per heavy atom. The first-order chi connectivity index (χ1) is 6.31. The second-order valence-electron chi connectivity index (χ2n) is 4.22. The highest BCUT2D eigenvalue weighted by Crippen LogP contribution is 2.42. The lowest BCUT2D eigenvalue weighted by atomic mass is 9.95.